The number of ether oxygens (including phenoxy) is 2. The summed E-state index contributed by atoms with van der Waals surface area (Å²) < 4.78 is 24.8. The number of hydrogen-bond acceptors (Lipinski definition) is 5. The Morgan fingerprint density at radius 3 is 2.58 bits per heavy atom. The van der Waals surface area contributed by atoms with Gasteiger partial charge in [0.1, 0.15) is 17.5 Å². The fourth-order valence-electron chi connectivity index (χ4n) is 2.97. The number of aliphatic hydroxyl groups is 1. The Labute approximate surface area is 160 Å². The van der Waals surface area contributed by atoms with E-state index in [9.17, 15) is 19.1 Å². The van der Waals surface area contributed by atoms with Gasteiger partial charge in [-0.3, -0.25) is 4.90 Å². The third kappa shape index (κ3) is 4.73. The summed E-state index contributed by atoms with van der Waals surface area (Å²) in [5, 5.41) is 10.6. The standard InChI is InChI=1S/C18H23BrFNO5/c1-18(2,3)26-17(24)21-9-10(7-14(21)16(23)25-4)15(22)12-6-5-11(19)8-13(12)20/h5-6,8,10,14-15,22H,7,9H2,1-4H3/t10?,14-,15?/m0/s1. The molecule has 26 heavy (non-hydrogen) atoms. The van der Waals surface area contributed by atoms with Gasteiger partial charge >= 0.3 is 12.1 Å². The zero-order valence-electron chi connectivity index (χ0n) is 15.2. The van der Waals surface area contributed by atoms with Crippen molar-refractivity contribution in [3.05, 3.63) is 34.1 Å². The highest BCUT2D eigenvalue weighted by Gasteiger charge is 2.45. The number of esters is 1. The van der Waals surface area contributed by atoms with Crippen molar-refractivity contribution in [1.29, 1.82) is 0 Å². The number of carbonyl (C=O) groups is 2. The first kappa shape index (κ1) is 20.6. The quantitative estimate of drug-likeness (QED) is 0.741. The van der Waals surface area contributed by atoms with Gasteiger partial charge in [-0.05, 0) is 39.3 Å². The van der Waals surface area contributed by atoms with Gasteiger partial charge in [-0.2, -0.15) is 0 Å². The maximum atomic E-state index is 14.2. The minimum absolute atomic E-state index is 0.0609. The highest BCUT2D eigenvalue weighted by atomic mass is 79.9. The van der Waals surface area contributed by atoms with E-state index >= 15 is 0 Å². The molecule has 0 radical (unpaired) electrons. The van der Waals surface area contributed by atoms with E-state index in [0.717, 1.165) is 0 Å². The van der Waals surface area contributed by atoms with Gasteiger partial charge in [-0.25, -0.2) is 14.0 Å². The van der Waals surface area contributed by atoms with Gasteiger partial charge in [0.2, 0.25) is 0 Å². The number of hydrogen-bond donors (Lipinski definition) is 1. The van der Waals surface area contributed by atoms with Gasteiger partial charge in [0.15, 0.2) is 0 Å². The van der Waals surface area contributed by atoms with Crippen LogP contribution in [-0.4, -0.2) is 47.4 Å². The highest BCUT2D eigenvalue weighted by molar-refractivity contribution is 9.10. The minimum Gasteiger partial charge on any atom is -0.467 e. The van der Waals surface area contributed by atoms with Crippen molar-refractivity contribution < 1.29 is 28.6 Å². The monoisotopic (exact) mass is 431 g/mol. The number of rotatable bonds is 3. The van der Waals surface area contributed by atoms with Crippen LogP contribution < -0.4 is 0 Å². The molecule has 0 bridgehead atoms. The summed E-state index contributed by atoms with van der Waals surface area (Å²) in [5.74, 6) is -1.68. The molecule has 6 nitrogen and oxygen atoms in total. The molecule has 0 aromatic heterocycles. The van der Waals surface area contributed by atoms with Gasteiger partial charge in [-0.1, -0.05) is 22.0 Å². The Morgan fingerprint density at radius 2 is 2.04 bits per heavy atom. The summed E-state index contributed by atoms with van der Waals surface area (Å²) in [6.45, 7) is 5.22. The summed E-state index contributed by atoms with van der Waals surface area (Å²) in [5.41, 5.74) is -0.612. The summed E-state index contributed by atoms with van der Waals surface area (Å²) in [4.78, 5) is 25.8. The molecule has 2 rings (SSSR count). The van der Waals surface area contributed by atoms with Crippen molar-refractivity contribution in [2.45, 2.75) is 44.9 Å². The lowest BCUT2D eigenvalue weighted by Crippen LogP contribution is -2.43. The lowest BCUT2D eigenvalue weighted by atomic mass is 9.93. The van der Waals surface area contributed by atoms with Crippen LogP contribution in [0, 0.1) is 11.7 Å². The molecule has 1 aliphatic rings. The van der Waals surface area contributed by atoms with Crippen LogP contribution in [0.2, 0.25) is 0 Å². The van der Waals surface area contributed by atoms with E-state index in [1.165, 1.54) is 24.1 Å². The molecule has 144 valence electrons. The molecule has 0 saturated carbocycles. The number of benzene rings is 1. The van der Waals surface area contributed by atoms with Gasteiger partial charge in [-0.15, -0.1) is 0 Å². The van der Waals surface area contributed by atoms with Crippen LogP contribution in [-0.2, 0) is 14.3 Å². The largest absolute Gasteiger partial charge is 0.467 e. The summed E-state index contributed by atoms with van der Waals surface area (Å²) >= 11 is 3.17. The second-order valence-electron chi connectivity index (χ2n) is 7.28. The van der Waals surface area contributed by atoms with Crippen LogP contribution in [0.4, 0.5) is 9.18 Å². The lowest BCUT2D eigenvalue weighted by molar-refractivity contribution is -0.145. The van der Waals surface area contributed by atoms with E-state index in [0.29, 0.717) is 4.47 Å². The van der Waals surface area contributed by atoms with Gasteiger partial charge in [0.05, 0.1) is 13.2 Å². The second-order valence-corrected chi connectivity index (χ2v) is 8.19. The molecule has 0 spiro atoms. The fourth-order valence-corrected chi connectivity index (χ4v) is 3.31. The Morgan fingerprint density at radius 1 is 1.38 bits per heavy atom. The van der Waals surface area contributed by atoms with E-state index in [2.05, 4.69) is 15.9 Å². The zero-order valence-corrected chi connectivity index (χ0v) is 16.7. The number of halogens is 2. The average Bonchev–Trinajstić information content (AvgIpc) is 2.97. The summed E-state index contributed by atoms with van der Waals surface area (Å²) in [6.07, 6.45) is -1.68. The number of aliphatic hydroxyl groups excluding tert-OH is 1. The molecular formula is C18H23BrFNO5. The van der Waals surface area contributed by atoms with Crippen molar-refractivity contribution in [3.8, 4) is 0 Å². The molecule has 1 N–H and O–H groups in total. The Kier molecular flexibility index (Phi) is 6.29. The first-order chi connectivity index (χ1) is 12.0. The lowest BCUT2D eigenvalue weighted by Gasteiger charge is -2.27. The molecule has 1 heterocycles. The van der Waals surface area contributed by atoms with Crippen LogP contribution in [0.3, 0.4) is 0 Å². The van der Waals surface area contributed by atoms with Crippen LogP contribution in [0.25, 0.3) is 0 Å². The number of nitrogens with zero attached hydrogens (tertiary/aromatic N) is 1. The van der Waals surface area contributed by atoms with E-state index in [4.69, 9.17) is 9.47 Å². The molecule has 1 fully saturated rings. The number of likely N-dealkylation sites (tertiary alicyclic amines) is 1. The van der Waals surface area contributed by atoms with Crippen LogP contribution in [0.15, 0.2) is 22.7 Å². The predicted molar refractivity (Wildman–Crippen MR) is 95.9 cm³/mol. The molecule has 8 heteroatoms. The average molecular weight is 432 g/mol. The summed E-state index contributed by atoms with van der Waals surface area (Å²) in [6, 6.07) is 3.48. The van der Waals surface area contributed by atoms with Crippen molar-refractivity contribution in [3.63, 3.8) is 0 Å². The molecule has 1 aromatic rings. The fraction of sp³-hybridized carbons (Fsp3) is 0.556. The van der Waals surface area contributed by atoms with Gasteiger partial charge in [0, 0.05) is 22.5 Å². The van der Waals surface area contributed by atoms with E-state index in [1.54, 1.807) is 26.8 Å². The number of amides is 1. The Bertz CT molecular complexity index is 691. The SMILES string of the molecule is COC(=O)[C@@H]1CC(C(O)c2ccc(Br)cc2F)CN1C(=O)OC(C)(C)C. The second kappa shape index (κ2) is 7.92. The third-order valence-corrected chi connectivity index (χ3v) is 4.66. The predicted octanol–water partition coefficient (Wildman–Crippen LogP) is 3.42. The first-order valence-corrected chi connectivity index (χ1v) is 9.03. The third-order valence-electron chi connectivity index (χ3n) is 4.16. The molecule has 0 aliphatic carbocycles. The molecule has 3 atom stereocenters. The normalized spacial score (nSPS) is 21.4. The Balaban J connectivity index is 2.23. The van der Waals surface area contributed by atoms with Crippen molar-refractivity contribution in [2.24, 2.45) is 5.92 Å². The first-order valence-electron chi connectivity index (χ1n) is 8.24. The van der Waals surface area contributed by atoms with E-state index < -0.39 is 41.5 Å². The topological polar surface area (TPSA) is 76.1 Å². The summed E-state index contributed by atoms with van der Waals surface area (Å²) in [7, 11) is 1.23. The number of carbonyl (C=O) groups excluding carboxylic acids is 2. The molecule has 1 aromatic carbocycles. The van der Waals surface area contributed by atoms with Crippen LogP contribution in [0.1, 0.15) is 38.9 Å². The van der Waals surface area contributed by atoms with Crippen molar-refractivity contribution in [2.75, 3.05) is 13.7 Å². The molecule has 1 amide bonds. The Hall–Kier alpha value is -1.67. The molecule has 1 aliphatic heterocycles. The molecule has 1 saturated heterocycles. The van der Waals surface area contributed by atoms with E-state index in [-0.39, 0.29) is 18.5 Å². The molecule has 2 unspecified atom stereocenters. The highest BCUT2D eigenvalue weighted by Crippen LogP contribution is 2.36. The van der Waals surface area contributed by atoms with Crippen molar-refractivity contribution in [1.82, 2.24) is 4.90 Å². The molecular weight excluding hydrogens is 409 g/mol. The van der Waals surface area contributed by atoms with Crippen LogP contribution >= 0.6 is 15.9 Å². The zero-order chi connectivity index (χ0) is 19.6. The maximum Gasteiger partial charge on any atom is 0.411 e. The maximum absolute atomic E-state index is 14.2. The number of methoxy groups -OCH3 is 1. The van der Waals surface area contributed by atoms with Gasteiger partial charge < -0.3 is 14.6 Å². The van der Waals surface area contributed by atoms with Gasteiger partial charge in [0.25, 0.3) is 0 Å². The van der Waals surface area contributed by atoms with E-state index in [1.807, 2.05) is 0 Å². The smallest absolute Gasteiger partial charge is 0.411 e. The minimum atomic E-state index is -1.16. The van der Waals surface area contributed by atoms with Crippen LogP contribution in [0.5, 0.6) is 0 Å². The van der Waals surface area contributed by atoms with Crippen molar-refractivity contribution >= 4 is 28.0 Å².